The van der Waals surface area contributed by atoms with Crippen LogP contribution in [0.15, 0.2) is 66.7 Å². The topological polar surface area (TPSA) is 71.1 Å². The molecule has 0 spiro atoms. The van der Waals surface area contributed by atoms with Gasteiger partial charge >= 0.3 is 0 Å². The van der Waals surface area contributed by atoms with Crippen molar-refractivity contribution in [2.24, 2.45) is 0 Å². The molecule has 0 unspecified atom stereocenters. The average Bonchev–Trinajstić information content (AvgIpc) is 2.92. The van der Waals surface area contributed by atoms with Gasteiger partial charge in [0.15, 0.2) is 0 Å². The van der Waals surface area contributed by atoms with E-state index in [0.717, 1.165) is 23.6 Å². The maximum atomic E-state index is 13.0. The van der Waals surface area contributed by atoms with Crippen LogP contribution in [0.1, 0.15) is 47.9 Å². The van der Waals surface area contributed by atoms with Crippen LogP contribution in [0.3, 0.4) is 0 Å². The molecule has 0 aliphatic carbocycles. The first kappa shape index (κ1) is 27.3. The van der Waals surface area contributed by atoms with E-state index in [0.29, 0.717) is 54.6 Å². The van der Waals surface area contributed by atoms with Crippen LogP contribution in [-0.4, -0.2) is 55.6 Å². The van der Waals surface area contributed by atoms with E-state index < -0.39 is 0 Å². The third-order valence-electron chi connectivity index (χ3n) is 6.18. The molecule has 2 amide bonds. The van der Waals surface area contributed by atoms with Crippen molar-refractivity contribution in [3.05, 3.63) is 82.9 Å². The van der Waals surface area contributed by atoms with Gasteiger partial charge in [-0.2, -0.15) is 0 Å². The van der Waals surface area contributed by atoms with E-state index in [2.05, 4.69) is 17.1 Å². The number of hydrogen-bond acceptors (Lipinski definition) is 5. The third-order valence-corrected chi connectivity index (χ3v) is 6.48. The minimum absolute atomic E-state index is 0.0136. The summed E-state index contributed by atoms with van der Waals surface area (Å²) in [6.07, 6.45) is 1.01. The zero-order valence-corrected chi connectivity index (χ0v) is 22.8. The Balaban J connectivity index is 1.31. The van der Waals surface area contributed by atoms with Crippen molar-refractivity contribution < 1.29 is 19.1 Å². The zero-order chi connectivity index (χ0) is 27.1. The maximum absolute atomic E-state index is 13.0. The molecule has 1 fully saturated rings. The summed E-state index contributed by atoms with van der Waals surface area (Å²) in [7, 11) is 0. The minimum atomic E-state index is -0.220. The predicted molar refractivity (Wildman–Crippen MR) is 152 cm³/mol. The van der Waals surface area contributed by atoms with Crippen LogP contribution in [0.4, 0.5) is 11.4 Å². The molecule has 1 N–H and O–H groups in total. The van der Waals surface area contributed by atoms with E-state index in [1.165, 1.54) is 0 Å². The van der Waals surface area contributed by atoms with Crippen molar-refractivity contribution in [1.82, 2.24) is 4.90 Å². The molecule has 0 bridgehead atoms. The highest BCUT2D eigenvalue weighted by Crippen LogP contribution is 2.30. The van der Waals surface area contributed by atoms with Gasteiger partial charge in [0, 0.05) is 43.0 Å². The Hall–Kier alpha value is -3.71. The normalized spacial score (nSPS) is 13.4. The fourth-order valence-corrected chi connectivity index (χ4v) is 4.55. The SMILES string of the molecule is CCCOc1ccc(C(=O)N2CCN(c3ccc(NC(=O)c4ccc(OC(C)C)cc4)cc3Cl)CC2)cc1. The Labute approximate surface area is 229 Å². The molecular weight excluding hydrogens is 502 g/mol. The molecule has 1 aliphatic heterocycles. The molecule has 1 saturated heterocycles. The smallest absolute Gasteiger partial charge is 0.255 e. The second kappa shape index (κ2) is 12.7. The Kier molecular flexibility index (Phi) is 9.13. The number of rotatable bonds is 9. The Morgan fingerprint density at radius 1 is 0.895 bits per heavy atom. The van der Waals surface area contributed by atoms with Crippen molar-refractivity contribution >= 4 is 34.8 Å². The van der Waals surface area contributed by atoms with Gasteiger partial charge in [-0.05, 0) is 87.0 Å². The lowest BCUT2D eigenvalue weighted by Gasteiger charge is -2.36. The fourth-order valence-electron chi connectivity index (χ4n) is 4.25. The minimum Gasteiger partial charge on any atom is -0.494 e. The quantitative estimate of drug-likeness (QED) is 0.357. The fraction of sp³-hybridized carbons (Fsp3) is 0.333. The van der Waals surface area contributed by atoms with E-state index in [-0.39, 0.29) is 17.9 Å². The molecule has 7 nitrogen and oxygen atoms in total. The standard InChI is InChI=1S/C30H34ClN3O4/c1-4-19-37-25-10-7-23(8-11-25)30(36)34-17-15-33(16-18-34)28-14-9-24(20-27(28)31)32-29(35)22-5-12-26(13-6-22)38-21(2)3/h5-14,20-21H,4,15-19H2,1-3H3,(H,32,35). The van der Waals surface area contributed by atoms with Crippen molar-refractivity contribution in [3.63, 3.8) is 0 Å². The lowest BCUT2D eigenvalue weighted by atomic mass is 10.1. The number of amides is 2. The summed E-state index contributed by atoms with van der Waals surface area (Å²) in [5.74, 6) is 1.29. The van der Waals surface area contributed by atoms with Gasteiger partial charge in [0.2, 0.25) is 0 Å². The summed E-state index contributed by atoms with van der Waals surface area (Å²) in [5, 5.41) is 3.45. The summed E-state index contributed by atoms with van der Waals surface area (Å²) in [5.41, 5.74) is 2.68. The van der Waals surface area contributed by atoms with Crippen molar-refractivity contribution in [3.8, 4) is 11.5 Å². The molecule has 200 valence electrons. The third kappa shape index (κ3) is 6.98. The number of carbonyl (C=O) groups excluding carboxylic acids is 2. The van der Waals surface area contributed by atoms with E-state index in [1.807, 2.05) is 55.1 Å². The first-order chi connectivity index (χ1) is 18.3. The van der Waals surface area contributed by atoms with Gasteiger partial charge in [-0.1, -0.05) is 18.5 Å². The van der Waals surface area contributed by atoms with Crippen molar-refractivity contribution in [1.29, 1.82) is 0 Å². The zero-order valence-electron chi connectivity index (χ0n) is 22.1. The van der Waals surface area contributed by atoms with Gasteiger partial charge in [-0.15, -0.1) is 0 Å². The maximum Gasteiger partial charge on any atom is 0.255 e. The second-order valence-electron chi connectivity index (χ2n) is 9.46. The number of nitrogens with zero attached hydrogens (tertiary/aromatic N) is 2. The highest BCUT2D eigenvalue weighted by molar-refractivity contribution is 6.33. The molecule has 4 rings (SSSR count). The van der Waals surface area contributed by atoms with E-state index in [9.17, 15) is 9.59 Å². The molecule has 0 aromatic heterocycles. The number of hydrogen-bond donors (Lipinski definition) is 1. The highest BCUT2D eigenvalue weighted by Gasteiger charge is 2.23. The molecule has 38 heavy (non-hydrogen) atoms. The average molecular weight is 536 g/mol. The lowest BCUT2D eigenvalue weighted by Crippen LogP contribution is -2.48. The summed E-state index contributed by atoms with van der Waals surface area (Å²) in [6, 6.07) is 19.9. The first-order valence-electron chi connectivity index (χ1n) is 13.0. The highest BCUT2D eigenvalue weighted by atomic mass is 35.5. The summed E-state index contributed by atoms with van der Waals surface area (Å²) >= 11 is 6.61. The van der Waals surface area contributed by atoms with E-state index >= 15 is 0 Å². The van der Waals surface area contributed by atoms with Crippen LogP contribution >= 0.6 is 11.6 Å². The van der Waals surface area contributed by atoms with Gasteiger partial charge in [-0.3, -0.25) is 9.59 Å². The number of anilines is 2. The molecular formula is C30H34ClN3O4. The summed E-state index contributed by atoms with van der Waals surface area (Å²) in [4.78, 5) is 29.7. The Morgan fingerprint density at radius 3 is 2.13 bits per heavy atom. The molecule has 3 aromatic carbocycles. The van der Waals surface area contributed by atoms with Gasteiger partial charge in [0.1, 0.15) is 11.5 Å². The van der Waals surface area contributed by atoms with E-state index in [4.69, 9.17) is 21.1 Å². The molecule has 8 heteroatoms. The van der Waals surface area contributed by atoms with Crippen molar-refractivity contribution in [2.75, 3.05) is 43.0 Å². The number of benzene rings is 3. The van der Waals surface area contributed by atoms with Crippen LogP contribution in [0, 0.1) is 0 Å². The van der Waals surface area contributed by atoms with Crippen molar-refractivity contribution in [2.45, 2.75) is 33.3 Å². The predicted octanol–water partition coefficient (Wildman–Crippen LogP) is 6.13. The Bertz CT molecular complexity index is 1240. The van der Waals surface area contributed by atoms with Gasteiger partial charge in [-0.25, -0.2) is 0 Å². The van der Waals surface area contributed by atoms with Crippen LogP contribution < -0.4 is 19.7 Å². The first-order valence-corrected chi connectivity index (χ1v) is 13.4. The number of nitrogens with one attached hydrogen (secondary N) is 1. The Morgan fingerprint density at radius 2 is 1.53 bits per heavy atom. The van der Waals surface area contributed by atoms with Gasteiger partial charge in [0.25, 0.3) is 11.8 Å². The largest absolute Gasteiger partial charge is 0.494 e. The molecule has 3 aromatic rings. The lowest BCUT2D eigenvalue weighted by molar-refractivity contribution is 0.0746. The molecule has 0 atom stereocenters. The molecule has 1 aliphatic rings. The molecule has 0 radical (unpaired) electrons. The summed E-state index contributed by atoms with van der Waals surface area (Å²) in [6.45, 7) is 9.15. The van der Waals surface area contributed by atoms with Crippen LogP contribution in [0.2, 0.25) is 5.02 Å². The molecule has 0 saturated carbocycles. The number of piperazine rings is 1. The molecule has 1 heterocycles. The van der Waals surface area contributed by atoms with E-state index in [1.54, 1.807) is 30.3 Å². The van der Waals surface area contributed by atoms with Crippen LogP contribution in [-0.2, 0) is 0 Å². The number of halogens is 1. The van der Waals surface area contributed by atoms with Gasteiger partial charge in [0.05, 0.1) is 23.4 Å². The number of ether oxygens (including phenoxy) is 2. The monoisotopic (exact) mass is 535 g/mol. The van der Waals surface area contributed by atoms with Crippen LogP contribution in [0.25, 0.3) is 0 Å². The second-order valence-corrected chi connectivity index (χ2v) is 9.87. The van der Waals surface area contributed by atoms with Gasteiger partial charge < -0.3 is 24.6 Å². The summed E-state index contributed by atoms with van der Waals surface area (Å²) < 4.78 is 11.2. The van der Waals surface area contributed by atoms with Crippen LogP contribution in [0.5, 0.6) is 11.5 Å². The number of carbonyl (C=O) groups is 2.